The van der Waals surface area contributed by atoms with Crippen molar-refractivity contribution in [2.45, 2.75) is 30.8 Å². The van der Waals surface area contributed by atoms with E-state index in [1.165, 1.54) is 0 Å². The van der Waals surface area contributed by atoms with E-state index >= 15 is 0 Å². The molecule has 1 atom stereocenters. The number of thioether (sulfide) groups is 1. The van der Waals surface area contributed by atoms with Crippen LogP contribution in [0.15, 0.2) is 5.16 Å². The highest BCUT2D eigenvalue weighted by Crippen LogP contribution is 2.19. The monoisotopic (exact) mass is 245 g/mol. The Morgan fingerprint density at radius 2 is 2.44 bits per heavy atom. The Morgan fingerprint density at radius 3 is 3.06 bits per heavy atom. The van der Waals surface area contributed by atoms with Gasteiger partial charge in [0.15, 0.2) is 0 Å². The van der Waals surface area contributed by atoms with Gasteiger partial charge in [-0.25, -0.2) is 4.68 Å². The number of aliphatic carboxylic acids is 1. The lowest BCUT2D eigenvalue weighted by Crippen LogP contribution is -2.21. The molecule has 1 aromatic rings. The molecule has 0 bridgehead atoms. The molecule has 1 unspecified atom stereocenters. The van der Waals surface area contributed by atoms with Crippen LogP contribution in [0.25, 0.3) is 0 Å². The second kappa shape index (κ2) is 6.44. The van der Waals surface area contributed by atoms with Crippen LogP contribution in [0, 0.1) is 0 Å². The lowest BCUT2D eigenvalue weighted by Gasteiger charge is -2.06. The number of carboxylic acids is 1. The highest BCUT2D eigenvalue weighted by molar-refractivity contribution is 8.00. The van der Waals surface area contributed by atoms with Gasteiger partial charge in [-0.1, -0.05) is 18.7 Å². The highest BCUT2D eigenvalue weighted by atomic mass is 32.2. The van der Waals surface area contributed by atoms with Gasteiger partial charge in [-0.2, -0.15) is 0 Å². The van der Waals surface area contributed by atoms with Gasteiger partial charge in [0.05, 0.1) is 6.54 Å². The lowest BCUT2D eigenvalue weighted by molar-refractivity contribution is -0.136. The standard InChI is InChI=1S/C8H15N5O2S/c1-3-9-4-5-13-8(10-11-12-13)16-6(2)7(14)15/h6,9H,3-5H2,1-2H3,(H,14,15). The van der Waals surface area contributed by atoms with Crippen LogP contribution in [0.2, 0.25) is 0 Å². The summed E-state index contributed by atoms with van der Waals surface area (Å²) < 4.78 is 1.60. The Labute approximate surface area is 97.6 Å². The SMILES string of the molecule is CCNCCn1nnnc1SC(C)C(=O)O. The van der Waals surface area contributed by atoms with Gasteiger partial charge in [-0.3, -0.25) is 4.79 Å². The van der Waals surface area contributed by atoms with E-state index in [9.17, 15) is 4.79 Å². The van der Waals surface area contributed by atoms with E-state index < -0.39 is 11.2 Å². The maximum absolute atomic E-state index is 10.7. The van der Waals surface area contributed by atoms with Crippen molar-refractivity contribution in [3.63, 3.8) is 0 Å². The van der Waals surface area contributed by atoms with Crippen LogP contribution in [0.3, 0.4) is 0 Å². The predicted octanol–water partition coefficient (Wildman–Crippen LogP) is -0.152. The first-order chi connectivity index (χ1) is 7.65. The van der Waals surface area contributed by atoms with Gasteiger partial charge >= 0.3 is 5.97 Å². The van der Waals surface area contributed by atoms with Crippen molar-refractivity contribution in [2.24, 2.45) is 0 Å². The van der Waals surface area contributed by atoms with E-state index in [4.69, 9.17) is 5.11 Å². The zero-order valence-electron chi connectivity index (χ0n) is 9.25. The van der Waals surface area contributed by atoms with E-state index in [1.807, 2.05) is 6.92 Å². The first-order valence-corrected chi connectivity index (χ1v) is 5.89. The number of hydrogen-bond donors (Lipinski definition) is 2. The Balaban J connectivity index is 2.53. The number of carbonyl (C=O) groups is 1. The van der Waals surface area contributed by atoms with Crippen LogP contribution in [0.4, 0.5) is 0 Å². The number of rotatable bonds is 7. The smallest absolute Gasteiger partial charge is 0.316 e. The van der Waals surface area contributed by atoms with Gasteiger partial charge in [0, 0.05) is 6.54 Å². The average Bonchev–Trinajstić information content (AvgIpc) is 2.66. The molecule has 7 nitrogen and oxygen atoms in total. The Hall–Kier alpha value is -1.15. The zero-order valence-corrected chi connectivity index (χ0v) is 10.1. The summed E-state index contributed by atoms with van der Waals surface area (Å²) in [5.74, 6) is -0.869. The average molecular weight is 245 g/mol. The number of likely N-dealkylation sites (N-methyl/N-ethyl adjacent to an activating group) is 1. The Morgan fingerprint density at radius 1 is 1.69 bits per heavy atom. The number of hydrogen-bond acceptors (Lipinski definition) is 6. The summed E-state index contributed by atoms with van der Waals surface area (Å²) in [5.41, 5.74) is 0. The van der Waals surface area contributed by atoms with Crippen LogP contribution < -0.4 is 5.32 Å². The molecule has 0 aromatic carbocycles. The normalized spacial score (nSPS) is 12.6. The fourth-order valence-electron chi connectivity index (χ4n) is 0.991. The molecule has 1 heterocycles. The molecule has 0 aliphatic carbocycles. The predicted molar refractivity (Wildman–Crippen MR) is 59.3 cm³/mol. The maximum Gasteiger partial charge on any atom is 0.316 e. The van der Waals surface area contributed by atoms with E-state index in [0.717, 1.165) is 24.9 Å². The summed E-state index contributed by atoms with van der Waals surface area (Å²) >= 11 is 1.14. The fraction of sp³-hybridized carbons (Fsp3) is 0.750. The third kappa shape index (κ3) is 3.78. The number of aromatic nitrogens is 4. The molecule has 0 fully saturated rings. The van der Waals surface area contributed by atoms with Gasteiger partial charge in [-0.05, 0) is 23.9 Å². The Bertz CT molecular complexity index is 343. The largest absolute Gasteiger partial charge is 0.480 e. The molecule has 0 spiro atoms. The summed E-state index contributed by atoms with van der Waals surface area (Å²) in [7, 11) is 0. The summed E-state index contributed by atoms with van der Waals surface area (Å²) in [6, 6.07) is 0. The number of nitrogens with zero attached hydrogens (tertiary/aromatic N) is 4. The minimum atomic E-state index is -0.869. The van der Waals surface area contributed by atoms with E-state index in [1.54, 1.807) is 11.6 Å². The molecule has 16 heavy (non-hydrogen) atoms. The Kier molecular flexibility index (Phi) is 5.20. The number of tetrazole rings is 1. The van der Waals surface area contributed by atoms with Crippen molar-refractivity contribution < 1.29 is 9.90 Å². The molecule has 8 heteroatoms. The van der Waals surface area contributed by atoms with Crippen molar-refractivity contribution in [3.8, 4) is 0 Å². The molecule has 0 saturated carbocycles. The van der Waals surface area contributed by atoms with Gasteiger partial charge in [-0.15, -0.1) is 5.10 Å². The molecule has 0 aliphatic rings. The van der Waals surface area contributed by atoms with Crippen LogP contribution in [-0.4, -0.2) is 49.6 Å². The van der Waals surface area contributed by atoms with Gasteiger partial charge < -0.3 is 10.4 Å². The molecule has 1 aromatic heterocycles. The minimum Gasteiger partial charge on any atom is -0.480 e. The summed E-state index contributed by atoms with van der Waals surface area (Å²) in [4.78, 5) is 10.7. The first-order valence-electron chi connectivity index (χ1n) is 5.01. The second-order valence-electron chi connectivity index (χ2n) is 3.14. The zero-order chi connectivity index (χ0) is 12.0. The van der Waals surface area contributed by atoms with E-state index in [0.29, 0.717) is 11.7 Å². The number of carboxylic acid groups (broad SMARTS) is 1. The third-order valence-electron chi connectivity index (χ3n) is 1.88. The van der Waals surface area contributed by atoms with Gasteiger partial charge in [0.2, 0.25) is 5.16 Å². The third-order valence-corrected chi connectivity index (χ3v) is 2.94. The van der Waals surface area contributed by atoms with Gasteiger partial charge in [0.1, 0.15) is 5.25 Å². The summed E-state index contributed by atoms with van der Waals surface area (Å²) in [6.07, 6.45) is 0. The minimum absolute atomic E-state index is 0.535. The molecule has 0 saturated heterocycles. The molecule has 90 valence electrons. The van der Waals surface area contributed by atoms with Crippen molar-refractivity contribution in [2.75, 3.05) is 13.1 Å². The summed E-state index contributed by atoms with van der Waals surface area (Å²) in [6.45, 7) is 5.90. The van der Waals surface area contributed by atoms with Crippen molar-refractivity contribution >= 4 is 17.7 Å². The van der Waals surface area contributed by atoms with E-state index in [-0.39, 0.29) is 0 Å². The van der Waals surface area contributed by atoms with Crippen LogP contribution >= 0.6 is 11.8 Å². The molecule has 0 amide bonds. The quantitative estimate of drug-likeness (QED) is 0.509. The topological polar surface area (TPSA) is 92.9 Å². The number of nitrogens with one attached hydrogen (secondary N) is 1. The van der Waals surface area contributed by atoms with E-state index in [2.05, 4.69) is 20.8 Å². The van der Waals surface area contributed by atoms with Crippen LogP contribution in [0.5, 0.6) is 0 Å². The molecular formula is C8H15N5O2S. The highest BCUT2D eigenvalue weighted by Gasteiger charge is 2.16. The molecule has 0 aliphatic heterocycles. The first kappa shape index (κ1) is 12.9. The fourth-order valence-corrected chi connectivity index (χ4v) is 1.74. The van der Waals surface area contributed by atoms with Crippen LogP contribution in [-0.2, 0) is 11.3 Å². The maximum atomic E-state index is 10.7. The van der Waals surface area contributed by atoms with Gasteiger partial charge in [0.25, 0.3) is 0 Å². The molecule has 1 rings (SSSR count). The second-order valence-corrected chi connectivity index (χ2v) is 4.44. The summed E-state index contributed by atoms with van der Waals surface area (Å²) in [5, 5.41) is 23.0. The van der Waals surface area contributed by atoms with Crippen molar-refractivity contribution in [1.29, 1.82) is 0 Å². The van der Waals surface area contributed by atoms with Crippen LogP contribution in [0.1, 0.15) is 13.8 Å². The molecule has 0 radical (unpaired) electrons. The molecular weight excluding hydrogens is 230 g/mol. The van der Waals surface area contributed by atoms with Crippen molar-refractivity contribution in [1.82, 2.24) is 25.5 Å². The van der Waals surface area contributed by atoms with Crippen molar-refractivity contribution in [3.05, 3.63) is 0 Å². The lowest BCUT2D eigenvalue weighted by atomic mass is 10.5. The molecule has 2 N–H and O–H groups in total.